The molecule has 0 saturated carbocycles. The number of rotatable bonds is 7. The molecule has 1 heterocycles. The van der Waals surface area contributed by atoms with E-state index < -0.39 is 0 Å². The molecule has 1 fully saturated rings. The van der Waals surface area contributed by atoms with E-state index in [1.807, 2.05) is 60.7 Å². The average Bonchev–Trinajstić information content (AvgIpc) is 2.69. The van der Waals surface area contributed by atoms with Crippen LogP contribution >= 0.6 is 0 Å². The predicted octanol–water partition coefficient (Wildman–Crippen LogP) is 2.84. The molecule has 2 N–H and O–H groups in total. The highest BCUT2D eigenvalue weighted by atomic mass is 16.2. The summed E-state index contributed by atoms with van der Waals surface area (Å²) >= 11 is 0. The molecule has 5 heteroatoms. The van der Waals surface area contributed by atoms with Crippen LogP contribution in [0.3, 0.4) is 0 Å². The molecule has 0 spiro atoms. The lowest BCUT2D eigenvalue weighted by Gasteiger charge is -2.31. The Balaban J connectivity index is 1.33. The normalized spacial score (nSPS) is 15.3. The van der Waals surface area contributed by atoms with Crippen molar-refractivity contribution in [3.05, 3.63) is 66.2 Å². The van der Waals surface area contributed by atoms with E-state index in [0.29, 0.717) is 13.0 Å². The lowest BCUT2D eigenvalue weighted by atomic mass is 10.0. The number of anilines is 1. The van der Waals surface area contributed by atoms with Crippen molar-refractivity contribution in [2.75, 3.05) is 25.0 Å². The molecule has 0 unspecified atom stereocenters. The number of nitrogens with zero attached hydrogens (tertiary/aromatic N) is 1. The molecule has 5 nitrogen and oxygen atoms in total. The molecule has 1 aliphatic heterocycles. The molecule has 0 atom stereocenters. The van der Waals surface area contributed by atoms with Crippen molar-refractivity contribution >= 4 is 17.5 Å². The number of aryl methyl sites for hydroxylation is 1. The van der Waals surface area contributed by atoms with Gasteiger partial charge < -0.3 is 10.6 Å². The van der Waals surface area contributed by atoms with Crippen LogP contribution in [0.25, 0.3) is 0 Å². The van der Waals surface area contributed by atoms with Crippen LogP contribution in [-0.2, 0) is 16.0 Å². The standard InChI is InChI=1S/C22H27N3O2/c26-21(12-11-18-7-3-1-4-8-18)23-20-13-15-25(16-14-20)17-22(27)24-19-9-5-2-6-10-19/h1-10,20H,11-17H2,(H,23,26)(H,24,27). The van der Waals surface area contributed by atoms with Crippen molar-refractivity contribution in [2.45, 2.75) is 31.7 Å². The molecule has 0 bridgehead atoms. The van der Waals surface area contributed by atoms with E-state index in [9.17, 15) is 9.59 Å². The quantitative estimate of drug-likeness (QED) is 0.793. The van der Waals surface area contributed by atoms with Gasteiger partial charge in [0, 0.05) is 31.2 Å². The zero-order valence-electron chi connectivity index (χ0n) is 15.6. The Kier molecular flexibility index (Phi) is 6.99. The highest BCUT2D eigenvalue weighted by molar-refractivity contribution is 5.92. The molecule has 142 valence electrons. The van der Waals surface area contributed by atoms with Crippen LogP contribution in [0.15, 0.2) is 60.7 Å². The number of para-hydroxylation sites is 1. The second-order valence-electron chi connectivity index (χ2n) is 7.02. The maximum Gasteiger partial charge on any atom is 0.238 e. The van der Waals surface area contributed by atoms with Crippen LogP contribution in [0.5, 0.6) is 0 Å². The number of likely N-dealkylation sites (tertiary alicyclic amines) is 1. The third-order valence-corrected chi connectivity index (χ3v) is 4.86. The highest BCUT2D eigenvalue weighted by Crippen LogP contribution is 2.12. The van der Waals surface area contributed by atoms with Gasteiger partial charge in [0.1, 0.15) is 0 Å². The molecular formula is C22H27N3O2. The van der Waals surface area contributed by atoms with Crippen molar-refractivity contribution in [3.8, 4) is 0 Å². The Morgan fingerprint density at radius 3 is 2.19 bits per heavy atom. The minimum absolute atomic E-state index is 0.00606. The molecule has 2 aromatic carbocycles. The Labute approximate surface area is 160 Å². The summed E-state index contributed by atoms with van der Waals surface area (Å²) in [4.78, 5) is 26.4. The van der Waals surface area contributed by atoms with Crippen LogP contribution < -0.4 is 10.6 Å². The van der Waals surface area contributed by atoms with Gasteiger partial charge in [0.05, 0.1) is 6.54 Å². The smallest absolute Gasteiger partial charge is 0.238 e. The molecule has 0 aromatic heterocycles. The lowest BCUT2D eigenvalue weighted by Crippen LogP contribution is -2.46. The molecule has 0 radical (unpaired) electrons. The number of nitrogens with one attached hydrogen (secondary N) is 2. The number of hydrogen-bond acceptors (Lipinski definition) is 3. The zero-order chi connectivity index (χ0) is 18.9. The number of benzene rings is 2. The fraction of sp³-hybridized carbons (Fsp3) is 0.364. The fourth-order valence-corrected chi connectivity index (χ4v) is 3.36. The molecule has 2 amide bonds. The summed E-state index contributed by atoms with van der Waals surface area (Å²) in [5.74, 6) is 0.116. The fourth-order valence-electron chi connectivity index (χ4n) is 3.36. The minimum atomic E-state index is 0.00606. The van der Waals surface area contributed by atoms with E-state index in [-0.39, 0.29) is 17.9 Å². The van der Waals surface area contributed by atoms with Crippen molar-refractivity contribution in [1.29, 1.82) is 0 Å². The number of hydrogen-bond donors (Lipinski definition) is 2. The van der Waals surface area contributed by atoms with Gasteiger partial charge in [0.25, 0.3) is 0 Å². The van der Waals surface area contributed by atoms with Crippen molar-refractivity contribution < 1.29 is 9.59 Å². The maximum atomic E-state index is 12.2. The van der Waals surface area contributed by atoms with Gasteiger partial charge in [-0.15, -0.1) is 0 Å². The summed E-state index contributed by atoms with van der Waals surface area (Å²) in [7, 11) is 0. The van der Waals surface area contributed by atoms with E-state index >= 15 is 0 Å². The Bertz CT molecular complexity index is 726. The lowest BCUT2D eigenvalue weighted by molar-refractivity contribution is -0.122. The minimum Gasteiger partial charge on any atom is -0.353 e. The van der Waals surface area contributed by atoms with Gasteiger partial charge in [0.15, 0.2) is 0 Å². The van der Waals surface area contributed by atoms with Crippen LogP contribution in [-0.4, -0.2) is 42.4 Å². The van der Waals surface area contributed by atoms with Crippen LogP contribution in [0.2, 0.25) is 0 Å². The van der Waals surface area contributed by atoms with Crippen LogP contribution in [0.4, 0.5) is 5.69 Å². The van der Waals surface area contributed by atoms with Gasteiger partial charge in [-0.05, 0) is 37.0 Å². The first-order chi connectivity index (χ1) is 13.2. The van der Waals surface area contributed by atoms with Crippen LogP contribution in [0, 0.1) is 0 Å². The van der Waals surface area contributed by atoms with Crippen molar-refractivity contribution in [1.82, 2.24) is 10.2 Å². The Hall–Kier alpha value is -2.66. The van der Waals surface area contributed by atoms with Gasteiger partial charge in [-0.2, -0.15) is 0 Å². The molecule has 1 saturated heterocycles. The number of amides is 2. The van der Waals surface area contributed by atoms with E-state index in [0.717, 1.165) is 38.0 Å². The second kappa shape index (κ2) is 9.88. The van der Waals surface area contributed by atoms with Gasteiger partial charge in [0.2, 0.25) is 11.8 Å². The molecule has 0 aliphatic carbocycles. The van der Waals surface area contributed by atoms with Crippen molar-refractivity contribution in [2.24, 2.45) is 0 Å². The summed E-state index contributed by atoms with van der Waals surface area (Å²) in [6.07, 6.45) is 3.06. The first-order valence-corrected chi connectivity index (χ1v) is 9.59. The molecular weight excluding hydrogens is 338 g/mol. The van der Waals surface area contributed by atoms with E-state index in [1.54, 1.807) is 0 Å². The SMILES string of the molecule is O=C(CN1CCC(NC(=O)CCc2ccccc2)CC1)Nc1ccccc1. The summed E-state index contributed by atoms with van der Waals surface area (Å²) < 4.78 is 0. The van der Waals surface area contributed by atoms with Gasteiger partial charge in [-0.1, -0.05) is 48.5 Å². The maximum absolute atomic E-state index is 12.2. The monoisotopic (exact) mass is 365 g/mol. The predicted molar refractivity (Wildman–Crippen MR) is 107 cm³/mol. The number of carbonyl (C=O) groups excluding carboxylic acids is 2. The summed E-state index contributed by atoms with van der Waals surface area (Å²) in [5.41, 5.74) is 2.01. The first kappa shape index (κ1) is 19.1. The average molecular weight is 365 g/mol. The van der Waals surface area contributed by atoms with E-state index in [1.165, 1.54) is 5.56 Å². The largest absolute Gasteiger partial charge is 0.353 e. The molecule has 1 aliphatic rings. The van der Waals surface area contributed by atoms with Crippen molar-refractivity contribution in [3.63, 3.8) is 0 Å². The third-order valence-electron chi connectivity index (χ3n) is 4.86. The van der Waals surface area contributed by atoms with Gasteiger partial charge in [-0.25, -0.2) is 0 Å². The number of carbonyl (C=O) groups is 2. The topological polar surface area (TPSA) is 61.4 Å². The number of piperidine rings is 1. The molecule has 2 aromatic rings. The Morgan fingerprint density at radius 1 is 0.889 bits per heavy atom. The molecule has 27 heavy (non-hydrogen) atoms. The molecule has 3 rings (SSSR count). The van der Waals surface area contributed by atoms with E-state index in [2.05, 4.69) is 15.5 Å². The van der Waals surface area contributed by atoms with Gasteiger partial charge in [-0.3, -0.25) is 14.5 Å². The van der Waals surface area contributed by atoms with Crippen LogP contribution in [0.1, 0.15) is 24.8 Å². The zero-order valence-corrected chi connectivity index (χ0v) is 15.6. The summed E-state index contributed by atoms with van der Waals surface area (Å²) in [5, 5.41) is 6.05. The summed E-state index contributed by atoms with van der Waals surface area (Å²) in [6, 6.07) is 19.8. The highest BCUT2D eigenvalue weighted by Gasteiger charge is 2.22. The first-order valence-electron chi connectivity index (χ1n) is 9.59. The van der Waals surface area contributed by atoms with Gasteiger partial charge >= 0.3 is 0 Å². The third kappa shape index (κ3) is 6.53. The second-order valence-corrected chi connectivity index (χ2v) is 7.02. The Morgan fingerprint density at radius 2 is 1.52 bits per heavy atom. The van der Waals surface area contributed by atoms with E-state index in [4.69, 9.17) is 0 Å². The summed E-state index contributed by atoms with van der Waals surface area (Å²) in [6.45, 7) is 2.04.